The van der Waals surface area contributed by atoms with Crippen molar-refractivity contribution in [3.05, 3.63) is 0 Å². The van der Waals surface area contributed by atoms with Crippen LogP contribution >= 0.6 is 0 Å². The number of nitrogens with one attached hydrogen (secondary N) is 1. The van der Waals surface area contributed by atoms with Gasteiger partial charge in [-0.2, -0.15) is 5.26 Å². The lowest BCUT2D eigenvalue weighted by atomic mass is 9.95. The minimum Gasteiger partial charge on any atom is -0.308 e. The third-order valence-electron chi connectivity index (χ3n) is 2.58. The van der Waals surface area contributed by atoms with Gasteiger partial charge < -0.3 is 10.2 Å². The molecule has 1 atom stereocenters. The molecule has 0 aliphatic rings. The molecule has 1 unspecified atom stereocenters. The molecule has 0 aromatic carbocycles. The van der Waals surface area contributed by atoms with Crippen LogP contribution in [0.5, 0.6) is 0 Å². The number of nitriles is 1. The van der Waals surface area contributed by atoms with Crippen LogP contribution in [0.25, 0.3) is 0 Å². The monoisotopic (exact) mass is 197 g/mol. The van der Waals surface area contributed by atoms with Gasteiger partial charge in [-0.15, -0.1) is 0 Å². The first-order chi connectivity index (χ1) is 6.65. The molecular formula is C11H23N3. The first kappa shape index (κ1) is 13.4. The molecule has 0 amide bonds. The van der Waals surface area contributed by atoms with Gasteiger partial charge in [0.1, 0.15) is 0 Å². The fraction of sp³-hybridized carbons (Fsp3) is 0.909. The van der Waals surface area contributed by atoms with E-state index < -0.39 is 0 Å². The zero-order valence-electron chi connectivity index (χ0n) is 9.88. The van der Waals surface area contributed by atoms with Gasteiger partial charge in [-0.1, -0.05) is 26.7 Å². The van der Waals surface area contributed by atoms with Crippen molar-refractivity contribution in [2.45, 2.75) is 32.7 Å². The molecule has 0 rings (SSSR count). The summed E-state index contributed by atoms with van der Waals surface area (Å²) in [5.74, 6) is 0.488. The van der Waals surface area contributed by atoms with Crippen LogP contribution in [-0.4, -0.2) is 38.1 Å². The second kappa shape index (κ2) is 7.78. The van der Waals surface area contributed by atoms with E-state index >= 15 is 0 Å². The van der Waals surface area contributed by atoms with Gasteiger partial charge in [0.15, 0.2) is 0 Å². The van der Waals surface area contributed by atoms with Crippen molar-refractivity contribution in [1.82, 2.24) is 10.2 Å². The largest absolute Gasteiger partial charge is 0.308 e. The van der Waals surface area contributed by atoms with Gasteiger partial charge in [-0.3, -0.25) is 0 Å². The highest BCUT2D eigenvalue weighted by Gasteiger charge is 2.16. The van der Waals surface area contributed by atoms with Crippen molar-refractivity contribution in [2.75, 3.05) is 27.2 Å². The molecule has 1 N–H and O–H groups in total. The van der Waals surface area contributed by atoms with Crippen molar-refractivity contribution in [3.8, 4) is 6.07 Å². The third-order valence-corrected chi connectivity index (χ3v) is 2.58. The van der Waals surface area contributed by atoms with Crippen molar-refractivity contribution in [1.29, 1.82) is 5.26 Å². The number of rotatable bonds is 7. The van der Waals surface area contributed by atoms with Gasteiger partial charge >= 0.3 is 0 Å². The quantitative estimate of drug-likeness (QED) is 0.671. The molecule has 3 nitrogen and oxygen atoms in total. The highest BCUT2D eigenvalue weighted by molar-refractivity contribution is 4.94. The number of hydrogen-bond acceptors (Lipinski definition) is 3. The van der Waals surface area contributed by atoms with E-state index in [1.807, 2.05) is 14.1 Å². The molecule has 0 radical (unpaired) electrons. The highest BCUT2D eigenvalue weighted by atomic mass is 15.1. The lowest BCUT2D eigenvalue weighted by molar-refractivity contribution is 0.351. The Bertz CT molecular complexity index is 168. The molecule has 14 heavy (non-hydrogen) atoms. The highest BCUT2D eigenvalue weighted by Crippen LogP contribution is 2.12. The van der Waals surface area contributed by atoms with Crippen LogP contribution in [-0.2, 0) is 0 Å². The van der Waals surface area contributed by atoms with E-state index in [-0.39, 0.29) is 6.04 Å². The number of hydrogen-bond donors (Lipinski definition) is 1. The molecule has 0 aliphatic carbocycles. The molecule has 3 heteroatoms. The average molecular weight is 197 g/mol. The number of nitrogens with zero attached hydrogens (tertiary/aromatic N) is 2. The molecule has 0 aromatic heterocycles. The van der Waals surface area contributed by atoms with E-state index in [0.717, 1.165) is 25.9 Å². The Morgan fingerprint density at radius 2 is 1.86 bits per heavy atom. The molecule has 0 fully saturated rings. The SMILES string of the molecule is CCC(CC)C(C#N)NCCN(C)C. The van der Waals surface area contributed by atoms with Crippen LogP contribution < -0.4 is 5.32 Å². The molecular weight excluding hydrogens is 174 g/mol. The van der Waals surface area contributed by atoms with Crippen molar-refractivity contribution in [3.63, 3.8) is 0 Å². The molecule has 0 heterocycles. The molecule has 0 spiro atoms. The summed E-state index contributed by atoms with van der Waals surface area (Å²) in [6.07, 6.45) is 2.15. The Hall–Kier alpha value is -0.590. The zero-order chi connectivity index (χ0) is 11.0. The average Bonchev–Trinajstić information content (AvgIpc) is 2.16. The van der Waals surface area contributed by atoms with Crippen LogP contribution in [0, 0.1) is 17.2 Å². The van der Waals surface area contributed by atoms with Gasteiger partial charge in [-0.05, 0) is 20.0 Å². The van der Waals surface area contributed by atoms with Crippen LogP contribution in [0.3, 0.4) is 0 Å². The minimum absolute atomic E-state index is 0.0185. The number of likely N-dealkylation sites (N-methyl/N-ethyl adjacent to an activating group) is 1. The molecule has 0 bridgehead atoms. The van der Waals surface area contributed by atoms with Gasteiger partial charge in [0.05, 0.1) is 12.1 Å². The summed E-state index contributed by atoms with van der Waals surface area (Å²) in [6.45, 7) is 6.16. The third kappa shape index (κ3) is 5.21. The second-order valence-electron chi connectivity index (χ2n) is 3.94. The summed E-state index contributed by atoms with van der Waals surface area (Å²) in [5, 5.41) is 12.3. The maximum atomic E-state index is 9.00. The van der Waals surface area contributed by atoms with Crippen LogP contribution in [0.4, 0.5) is 0 Å². The summed E-state index contributed by atoms with van der Waals surface area (Å²) in [6, 6.07) is 2.37. The molecule has 0 saturated heterocycles. The van der Waals surface area contributed by atoms with Crippen molar-refractivity contribution < 1.29 is 0 Å². The molecule has 0 saturated carbocycles. The van der Waals surface area contributed by atoms with Crippen LogP contribution in [0.1, 0.15) is 26.7 Å². The van der Waals surface area contributed by atoms with Gasteiger partial charge in [0.25, 0.3) is 0 Å². The van der Waals surface area contributed by atoms with E-state index in [4.69, 9.17) is 5.26 Å². The van der Waals surface area contributed by atoms with Gasteiger partial charge in [0, 0.05) is 13.1 Å². The standard InChI is InChI=1S/C11H23N3/c1-5-10(6-2)11(9-12)13-7-8-14(3)4/h10-11,13H,5-8H2,1-4H3. The second-order valence-corrected chi connectivity index (χ2v) is 3.94. The van der Waals surface area contributed by atoms with E-state index in [9.17, 15) is 0 Å². The lowest BCUT2D eigenvalue weighted by Gasteiger charge is -2.21. The summed E-state index contributed by atoms with van der Waals surface area (Å²) >= 11 is 0. The summed E-state index contributed by atoms with van der Waals surface area (Å²) in [5.41, 5.74) is 0. The van der Waals surface area contributed by atoms with E-state index in [1.54, 1.807) is 0 Å². The Kier molecular flexibility index (Phi) is 7.45. The normalized spacial score (nSPS) is 13.2. The van der Waals surface area contributed by atoms with Crippen molar-refractivity contribution >= 4 is 0 Å². The minimum atomic E-state index is 0.0185. The van der Waals surface area contributed by atoms with Gasteiger partial charge in [-0.25, -0.2) is 0 Å². The fourth-order valence-corrected chi connectivity index (χ4v) is 1.52. The predicted molar refractivity (Wildman–Crippen MR) is 60.0 cm³/mol. The first-order valence-corrected chi connectivity index (χ1v) is 5.43. The summed E-state index contributed by atoms with van der Waals surface area (Å²) in [4.78, 5) is 2.12. The maximum absolute atomic E-state index is 9.00. The Morgan fingerprint density at radius 3 is 2.21 bits per heavy atom. The molecule has 82 valence electrons. The zero-order valence-corrected chi connectivity index (χ0v) is 9.88. The fourth-order valence-electron chi connectivity index (χ4n) is 1.52. The topological polar surface area (TPSA) is 39.1 Å². The Balaban J connectivity index is 3.85. The Morgan fingerprint density at radius 1 is 1.29 bits per heavy atom. The maximum Gasteiger partial charge on any atom is 0.0981 e. The summed E-state index contributed by atoms with van der Waals surface area (Å²) < 4.78 is 0. The summed E-state index contributed by atoms with van der Waals surface area (Å²) in [7, 11) is 4.08. The molecule has 0 aliphatic heterocycles. The molecule has 0 aromatic rings. The predicted octanol–water partition coefficient (Wildman–Crippen LogP) is 1.47. The van der Waals surface area contributed by atoms with Crippen molar-refractivity contribution in [2.24, 2.45) is 5.92 Å². The smallest absolute Gasteiger partial charge is 0.0981 e. The van der Waals surface area contributed by atoms with E-state index in [0.29, 0.717) is 5.92 Å². The van der Waals surface area contributed by atoms with Gasteiger partial charge in [0.2, 0.25) is 0 Å². The Labute approximate surface area is 88.1 Å². The first-order valence-electron chi connectivity index (χ1n) is 5.43. The van der Waals surface area contributed by atoms with E-state index in [1.165, 1.54) is 0 Å². The van der Waals surface area contributed by atoms with Crippen LogP contribution in [0.2, 0.25) is 0 Å². The lowest BCUT2D eigenvalue weighted by Crippen LogP contribution is -2.38. The van der Waals surface area contributed by atoms with Crippen LogP contribution in [0.15, 0.2) is 0 Å². The van der Waals surface area contributed by atoms with E-state index in [2.05, 4.69) is 30.1 Å².